The minimum absolute atomic E-state index is 0.00736. The van der Waals surface area contributed by atoms with Gasteiger partial charge in [-0.3, -0.25) is 14.3 Å². The third kappa shape index (κ3) is 4.07. The van der Waals surface area contributed by atoms with Crippen molar-refractivity contribution in [2.45, 2.75) is 45.6 Å². The lowest BCUT2D eigenvalue weighted by molar-refractivity contribution is -0.121. The molecule has 1 unspecified atom stereocenters. The first-order chi connectivity index (χ1) is 11.8. The highest BCUT2D eigenvalue weighted by atomic mass is 16.2. The zero-order valence-corrected chi connectivity index (χ0v) is 14.9. The summed E-state index contributed by atoms with van der Waals surface area (Å²) in [7, 11) is 0. The van der Waals surface area contributed by atoms with Gasteiger partial charge in [-0.1, -0.05) is 18.2 Å². The third-order valence-corrected chi connectivity index (χ3v) is 4.39. The van der Waals surface area contributed by atoms with Gasteiger partial charge in [-0.05, 0) is 45.2 Å². The molecule has 132 valence electrons. The summed E-state index contributed by atoms with van der Waals surface area (Å²) in [6.07, 6.45) is 4.98. The van der Waals surface area contributed by atoms with Gasteiger partial charge in [0, 0.05) is 24.2 Å². The maximum absolute atomic E-state index is 12.2. The highest BCUT2D eigenvalue weighted by Gasteiger charge is 2.26. The van der Waals surface area contributed by atoms with Gasteiger partial charge in [0.2, 0.25) is 11.8 Å². The normalized spacial score (nSPS) is 16.9. The average Bonchev–Trinajstić information content (AvgIpc) is 3.01. The number of fused-ring (bicyclic) bond motifs is 1. The molecule has 2 N–H and O–H groups in total. The Morgan fingerprint density at radius 2 is 2.12 bits per heavy atom. The van der Waals surface area contributed by atoms with E-state index >= 15 is 0 Å². The van der Waals surface area contributed by atoms with E-state index in [1.54, 1.807) is 6.20 Å². The second kappa shape index (κ2) is 6.70. The topological polar surface area (TPSA) is 76.0 Å². The summed E-state index contributed by atoms with van der Waals surface area (Å²) < 4.78 is 1.81. The highest BCUT2D eigenvalue weighted by Crippen LogP contribution is 2.27. The van der Waals surface area contributed by atoms with Crippen molar-refractivity contribution in [1.29, 1.82) is 0 Å². The van der Waals surface area contributed by atoms with Crippen LogP contribution in [0.2, 0.25) is 0 Å². The molecule has 0 radical (unpaired) electrons. The minimum atomic E-state index is -0.169. The molecule has 1 aliphatic rings. The van der Waals surface area contributed by atoms with Crippen LogP contribution in [0.3, 0.4) is 0 Å². The number of aromatic nitrogens is 2. The number of carbonyl (C=O) groups is 2. The lowest BCUT2D eigenvalue weighted by Crippen LogP contribution is -2.30. The molecule has 2 heterocycles. The van der Waals surface area contributed by atoms with Gasteiger partial charge in [-0.2, -0.15) is 5.10 Å². The first kappa shape index (κ1) is 17.2. The maximum Gasteiger partial charge on any atom is 0.227 e. The number of para-hydroxylation sites is 1. The molecule has 6 heteroatoms. The summed E-state index contributed by atoms with van der Waals surface area (Å²) in [6.45, 7) is 6.14. The van der Waals surface area contributed by atoms with Crippen LogP contribution in [-0.4, -0.2) is 21.6 Å². The lowest BCUT2D eigenvalue weighted by atomic mass is 9.89. The molecule has 3 rings (SSSR count). The highest BCUT2D eigenvalue weighted by molar-refractivity contribution is 5.96. The van der Waals surface area contributed by atoms with Gasteiger partial charge in [-0.25, -0.2) is 0 Å². The van der Waals surface area contributed by atoms with E-state index < -0.39 is 0 Å². The molecule has 1 atom stereocenters. The van der Waals surface area contributed by atoms with Crippen molar-refractivity contribution in [3.05, 3.63) is 42.2 Å². The van der Waals surface area contributed by atoms with Crippen molar-refractivity contribution in [2.24, 2.45) is 5.92 Å². The molecule has 6 nitrogen and oxygen atoms in total. The molecule has 0 fully saturated rings. The Hall–Kier alpha value is -2.63. The number of rotatable bonds is 4. The summed E-state index contributed by atoms with van der Waals surface area (Å²) >= 11 is 0. The van der Waals surface area contributed by atoms with Crippen LogP contribution in [-0.2, 0) is 21.5 Å². The number of carbonyl (C=O) groups excluding carboxylic acids is 2. The van der Waals surface area contributed by atoms with Gasteiger partial charge < -0.3 is 10.6 Å². The van der Waals surface area contributed by atoms with E-state index in [9.17, 15) is 9.59 Å². The van der Waals surface area contributed by atoms with Crippen LogP contribution in [0.4, 0.5) is 11.4 Å². The molecule has 2 amide bonds. The second-order valence-electron chi connectivity index (χ2n) is 7.48. The van der Waals surface area contributed by atoms with E-state index in [0.29, 0.717) is 24.9 Å². The Balaban J connectivity index is 1.54. The molecular formula is C19H24N4O2. The van der Waals surface area contributed by atoms with E-state index in [1.165, 1.54) is 0 Å². The van der Waals surface area contributed by atoms with Gasteiger partial charge in [0.25, 0.3) is 0 Å². The number of anilines is 2. The van der Waals surface area contributed by atoms with E-state index in [1.807, 2.05) is 55.9 Å². The summed E-state index contributed by atoms with van der Waals surface area (Å²) in [5.41, 5.74) is 2.55. The number of amides is 2. The third-order valence-electron chi connectivity index (χ3n) is 4.39. The molecule has 1 aromatic carbocycles. The molecular weight excluding hydrogens is 316 g/mol. The van der Waals surface area contributed by atoms with Crippen LogP contribution < -0.4 is 10.6 Å². The predicted octanol–water partition coefficient (Wildman–Crippen LogP) is 3.17. The van der Waals surface area contributed by atoms with Crippen LogP contribution in [0.15, 0.2) is 36.7 Å². The molecule has 0 saturated heterocycles. The summed E-state index contributed by atoms with van der Waals surface area (Å²) in [5.74, 6) is -0.273. The molecule has 1 aliphatic heterocycles. The van der Waals surface area contributed by atoms with Crippen molar-refractivity contribution < 1.29 is 9.59 Å². The van der Waals surface area contributed by atoms with Crippen molar-refractivity contribution >= 4 is 23.2 Å². The fourth-order valence-corrected chi connectivity index (χ4v) is 2.93. The predicted molar refractivity (Wildman–Crippen MR) is 97.4 cm³/mol. The van der Waals surface area contributed by atoms with E-state index in [0.717, 1.165) is 11.3 Å². The Labute approximate surface area is 147 Å². The first-order valence-electron chi connectivity index (χ1n) is 8.57. The van der Waals surface area contributed by atoms with Crippen LogP contribution in [0.5, 0.6) is 0 Å². The zero-order chi connectivity index (χ0) is 18.0. The Morgan fingerprint density at radius 3 is 2.84 bits per heavy atom. The van der Waals surface area contributed by atoms with Gasteiger partial charge in [0.05, 0.1) is 17.4 Å². The molecule has 1 aromatic heterocycles. The smallest absolute Gasteiger partial charge is 0.227 e. The summed E-state index contributed by atoms with van der Waals surface area (Å²) in [5, 5.41) is 10.0. The molecule has 0 spiro atoms. The molecule has 0 bridgehead atoms. The van der Waals surface area contributed by atoms with E-state index in [2.05, 4.69) is 15.7 Å². The number of nitrogens with zero attached hydrogens (tertiary/aromatic N) is 2. The lowest BCUT2D eigenvalue weighted by Gasteiger charge is -2.24. The van der Waals surface area contributed by atoms with Crippen LogP contribution in [0, 0.1) is 5.92 Å². The van der Waals surface area contributed by atoms with Crippen molar-refractivity contribution in [3.63, 3.8) is 0 Å². The fourth-order valence-electron chi connectivity index (χ4n) is 2.93. The van der Waals surface area contributed by atoms with E-state index in [4.69, 9.17) is 0 Å². The van der Waals surface area contributed by atoms with Crippen molar-refractivity contribution in [1.82, 2.24) is 9.78 Å². The standard InChI is InChI=1S/C19H24N4O2/c1-19(2,3)23-12-15(11-20-23)21-17(24)9-8-14-10-13-6-4-5-7-16(13)22-18(14)25/h4-7,11-12,14H,8-10H2,1-3H3,(H,21,24)(H,22,25). The molecule has 2 aromatic rings. The molecule has 0 aliphatic carbocycles. The number of hydrogen-bond acceptors (Lipinski definition) is 3. The van der Waals surface area contributed by atoms with Gasteiger partial charge in [0.15, 0.2) is 0 Å². The zero-order valence-electron chi connectivity index (χ0n) is 14.9. The van der Waals surface area contributed by atoms with Gasteiger partial charge in [-0.15, -0.1) is 0 Å². The second-order valence-corrected chi connectivity index (χ2v) is 7.48. The molecule has 0 saturated carbocycles. The Bertz CT molecular complexity index is 789. The number of nitrogens with one attached hydrogen (secondary N) is 2. The fraction of sp³-hybridized carbons (Fsp3) is 0.421. The van der Waals surface area contributed by atoms with Crippen LogP contribution >= 0.6 is 0 Å². The Morgan fingerprint density at radius 1 is 1.36 bits per heavy atom. The number of benzene rings is 1. The largest absolute Gasteiger partial charge is 0.326 e. The summed E-state index contributed by atoms with van der Waals surface area (Å²) in [6, 6.07) is 7.80. The average molecular weight is 340 g/mol. The molecule has 25 heavy (non-hydrogen) atoms. The Kier molecular flexibility index (Phi) is 4.61. The van der Waals surface area contributed by atoms with Crippen LogP contribution in [0.25, 0.3) is 0 Å². The van der Waals surface area contributed by atoms with Crippen molar-refractivity contribution in [3.8, 4) is 0 Å². The summed E-state index contributed by atoms with van der Waals surface area (Å²) in [4.78, 5) is 24.4. The van der Waals surface area contributed by atoms with E-state index in [-0.39, 0.29) is 23.3 Å². The minimum Gasteiger partial charge on any atom is -0.326 e. The first-order valence-corrected chi connectivity index (χ1v) is 8.57. The van der Waals surface area contributed by atoms with Crippen molar-refractivity contribution in [2.75, 3.05) is 10.6 Å². The maximum atomic E-state index is 12.2. The van der Waals surface area contributed by atoms with Gasteiger partial charge >= 0.3 is 0 Å². The SMILES string of the molecule is CC(C)(C)n1cc(NC(=O)CCC2Cc3ccccc3NC2=O)cn1. The van der Waals surface area contributed by atoms with Gasteiger partial charge in [0.1, 0.15) is 0 Å². The number of hydrogen-bond donors (Lipinski definition) is 2. The monoisotopic (exact) mass is 340 g/mol. The quantitative estimate of drug-likeness (QED) is 0.897. The van der Waals surface area contributed by atoms with Crippen LogP contribution in [0.1, 0.15) is 39.2 Å².